The van der Waals surface area contributed by atoms with Gasteiger partial charge in [-0.15, -0.1) is 0 Å². The maximum absolute atomic E-state index is 2.33. The Morgan fingerprint density at radius 2 is 0.792 bits per heavy atom. The normalized spacial score (nSPS) is 14.0. The van der Waals surface area contributed by atoms with Gasteiger partial charge in [-0.05, 0) is 70.2 Å². The van der Waals surface area contributed by atoms with E-state index in [0.717, 1.165) is 25.7 Å². The van der Waals surface area contributed by atoms with Crippen LogP contribution in [-0.4, -0.2) is 0 Å². The van der Waals surface area contributed by atoms with Gasteiger partial charge in [-0.25, -0.2) is 0 Å². The number of hydrogen-bond donors (Lipinski definition) is 0. The van der Waals surface area contributed by atoms with Gasteiger partial charge in [0.05, 0.1) is 0 Å². The molecule has 5 aliphatic carbocycles. The molecule has 0 heterocycles. The molecule has 0 amide bonds. The monoisotopic (exact) mass is 308 g/mol. The molecule has 24 heavy (non-hydrogen) atoms. The van der Waals surface area contributed by atoms with Crippen molar-refractivity contribution in [2.75, 3.05) is 0 Å². The second-order valence-corrected chi connectivity index (χ2v) is 6.94. The van der Waals surface area contributed by atoms with Crippen molar-refractivity contribution < 1.29 is 0 Å². The molecule has 0 aromatic rings. The average molecular weight is 308 g/mol. The van der Waals surface area contributed by atoms with Crippen molar-refractivity contribution in [2.45, 2.75) is 25.7 Å². The van der Waals surface area contributed by atoms with Crippen LogP contribution in [-0.2, 0) is 25.7 Å². The van der Waals surface area contributed by atoms with E-state index in [2.05, 4.69) is 72.8 Å². The summed E-state index contributed by atoms with van der Waals surface area (Å²) in [7, 11) is 0. The molecule has 0 aliphatic heterocycles. The Labute approximate surface area is 143 Å². The summed E-state index contributed by atoms with van der Waals surface area (Å²) in [4.78, 5) is 0. The molecule has 0 aromatic heterocycles. The molecule has 0 unspecified atom stereocenters. The zero-order chi connectivity index (χ0) is 15.9. The second-order valence-electron chi connectivity index (χ2n) is 6.94. The first-order chi connectivity index (χ1) is 11.9. The number of aryl methyl sites for hydroxylation is 4. The molecule has 5 rings (SSSR count). The van der Waals surface area contributed by atoms with Crippen LogP contribution in [0.25, 0.3) is 22.3 Å². The summed E-state index contributed by atoms with van der Waals surface area (Å²) in [6, 6.07) is 27.6. The van der Waals surface area contributed by atoms with Crippen LogP contribution in [0, 0.1) is 0 Å². The highest BCUT2D eigenvalue weighted by Crippen LogP contribution is 2.32. The second kappa shape index (κ2) is 5.49. The quantitative estimate of drug-likeness (QED) is 0.386. The van der Waals surface area contributed by atoms with Gasteiger partial charge in [-0.2, -0.15) is 0 Å². The maximum atomic E-state index is 2.33. The van der Waals surface area contributed by atoms with Crippen LogP contribution in [0.1, 0.15) is 22.3 Å². The third-order valence-electron chi connectivity index (χ3n) is 5.49. The Morgan fingerprint density at radius 3 is 1.29 bits per heavy atom. The van der Waals surface area contributed by atoms with E-state index in [1.807, 2.05) is 0 Å². The van der Waals surface area contributed by atoms with E-state index in [9.17, 15) is 0 Å². The molecule has 0 saturated heterocycles. The predicted octanol–water partition coefficient (Wildman–Crippen LogP) is 5.78. The topological polar surface area (TPSA) is 0 Å². The van der Waals surface area contributed by atoms with Gasteiger partial charge < -0.3 is 0 Å². The fourth-order valence-corrected chi connectivity index (χ4v) is 4.02. The van der Waals surface area contributed by atoms with Crippen LogP contribution >= 0.6 is 0 Å². The fraction of sp³-hybridized carbons (Fsp3) is 0.167. The Bertz CT molecular complexity index is 883. The van der Waals surface area contributed by atoms with Gasteiger partial charge in [-0.1, -0.05) is 72.8 Å². The van der Waals surface area contributed by atoms with Gasteiger partial charge in [0, 0.05) is 0 Å². The molecule has 0 nitrogen and oxygen atoms in total. The van der Waals surface area contributed by atoms with Gasteiger partial charge in [0.15, 0.2) is 0 Å². The van der Waals surface area contributed by atoms with E-state index in [1.54, 1.807) is 0 Å². The Morgan fingerprint density at radius 1 is 0.375 bits per heavy atom. The standard InChI is InChI=1S/C24H20/c1-2-18-4-8-20-10-12-22(24(20)16-6-18)14-13-21-11-9-19-7-3-17(1)5-15-23(19)21/h3-12,15-16H,1-2,13-14H2. The van der Waals surface area contributed by atoms with E-state index in [0.29, 0.717) is 0 Å². The molecular formula is C24H20. The molecule has 0 fully saturated rings. The molecule has 4 bridgehead atoms. The summed E-state index contributed by atoms with van der Waals surface area (Å²) in [6.07, 6.45) is 4.39. The number of hydrogen-bond acceptors (Lipinski definition) is 0. The number of rotatable bonds is 0. The lowest BCUT2D eigenvalue weighted by atomic mass is 10.0. The molecule has 0 heteroatoms. The minimum Gasteiger partial charge on any atom is -0.0584 e. The predicted molar refractivity (Wildman–Crippen MR) is 101 cm³/mol. The summed E-state index contributed by atoms with van der Waals surface area (Å²) in [5, 5.41) is 0. The summed E-state index contributed by atoms with van der Waals surface area (Å²) < 4.78 is 0. The minimum atomic E-state index is 1.09. The largest absolute Gasteiger partial charge is 0.0584 e. The molecular weight excluding hydrogens is 288 g/mol. The third kappa shape index (κ3) is 2.30. The van der Waals surface area contributed by atoms with Crippen LogP contribution in [0.2, 0.25) is 0 Å². The highest BCUT2D eigenvalue weighted by molar-refractivity contribution is 5.72. The van der Waals surface area contributed by atoms with Crippen LogP contribution in [0.3, 0.4) is 0 Å². The minimum absolute atomic E-state index is 1.09. The summed E-state index contributed by atoms with van der Waals surface area (Å²) in [5.41, 5.74) is 11.3. The van der Waals surface area contributed by atoms with E-state index in [4.69, 9.17) is 0 Å². The first kappa shape index (κ1) is 13.8. The lowest BCUT2D eigenvalue weighted by Gasteiger charge is -2.04. The molecule has 0 radical (unpaired) electrons. The van der Waals surface area contributed by atoms with Crippen LogP contribution in [0.15, 0.2) is 72.8 Å². The van der Waals surface area contributed by atoms with Crippen LogP contribution in [0.5, 0.6) is 0 Å². The van der Waals surface area contributed by atoms with Crippen LogP contribution < -0.4 is 0 Å². The highest BCUT2D eigenvalue weighted by Gasteiger charge is 2.12. The SMILES string of the molecule is c1cc2ccc3c-2ccc1CCc1ccc2ccc(c-2cc1)CC3. The smallest absolute Gasteiger partial charge is 0.0152 e. The molecule has 0 N–H and O–H groups in total. The number of fused-ring (bicyclic) bond motifs is 4. The fourth-order valence-electron chi connectivity index (χ4n) is 4.02. The summed E-state index contributed by atoms with van der Waals surface area (Å²) >= 11 is 0. The Hall–Kier alpha value is -2.60. The van der Waals surface area contributed by atoms with Crippen molar-refractivity contribution in [3.05, 3.63) is 95.1 Å². The van der Waals surface area contributed by atoms with E-state index >= 15 is 0 Å². The van der Waals surface area contributed by atoms with Crippen molar-refractivity contribution in [3.8, 4) is 22.3 Å². The molecule has 0 aromatic carbocycles. The first-order valence-electron chi connectivity index (χ1n) is 8.88. The first-order valence-corrected chi connectivity index (χ1v) is 8.88. The van der Waals surface area contributed by atoms with E-state index in [-0.39, 0.29) is 0 Å². The van der Waals surface area contributed by atoms with Crippen molar-refractivity contribution >= 4 is 0 Å². The van der Waals surface area contributed by atoms with Gasteiger partial charge in [0.2, 0.25) is 0 Å². The maximum Gasteiger partial charge on any atom is -0.0152 e. The average Bonchev–Trinajstić information content (AvgIpc) is 3.02. The Kier molecular flexibility index (Phi) is 3.16. The molecule has 0 atom stereocenters. The molecule has 5 aliphatic rings. The zero-order valence-corrected chi connectivity index (χ0v) is 13.8. The molecule has 0 saturated carbocycles. The lowest BCUT2D eigenvalue weighted by Crippen LogP contribution is -1.91. The van der Waals surface area contributed by atoms with Crippen molar-refractivity contribution in [1.29, 1.82) is 0 Å². The Balaban J connectivity index is 1.68. The van der Waals surface area contributed by atoms with Gasteiger partial charge >= 0.3 is 0 Å². The van der Waals surface area contributed by atoms with Crippen molar-refractivity contribution in [2.24, 2.45) is 0 Å². The molecule has 116 valence electrons. The van der Waals surface area contributed by atoms with Gasteiger partial charge in [0.1, 0.15) is 0 Å². The molecule has 0 spiro atoms. The highest BCUT2D eigenvalue weighted by atomic mass is 14.2. The van der Waals surface area contributed by atoms with Crippen molar-refractivity contribution in [1.82, 2.24) is 0 Å². The summed E-state index contributed by atoms with van der Waals surface area (Å²) in [5.74, 6) is 0. The van der Waals surface area contributed by atoms with Gasteiger partial charge in [0.25, 0.3) is 0 Å². The zero-order valence-electron chi connectivity index (χ0n) is 13.8. The third-order valence-corrected chi connectivity index (χ3v) is 5.49. The van der Waals surface area contributed by atoms with Crippen molar-refractivity contribution in [3.63, 3.8) is 0 Å². The van der Waals surface area contributed by atoms with Crippen LogP contribution in [0.4, 0.5) is 0 Å². The lowest BCUT2D eigenvalue weighted by molar-refractivity contribution is 0.962. The van der Waals surface area contributed by atoms with Gasteiger partial charge in [-0.3, -0.25) is 0 Å². The van der Waals surface area contributed by atoms with E-state index in [1.165, 1.54) is 44.5 Å². The summed E-state index contributed by atoms with van der Waals surface area (Å²) in [6.45, 7) is 0. The van der Waals surface area contributed by atoms with E-state index < -0.39 is 0 Å².